The molecule has 2 atom stereocenters. The largest absolute Gasteiger partial charge is 0.573 e. The van der Waals surface area contributed by atoms with Crippen LogP contribution in [-0.4, -0.2) is 29.8 Å². The number of hydrogen-bond donors (Lipinski definition) is 2. The Balaban J connectivity index is 1.69. The number of carbonyl (C=O) groups excluding carboxylic acids is 2. The molecule has 9 heteroatoms. The SMILES string of the molecule is Cc1[nH]c2ccc(OC(F)(F)F)cc2c1CCNC(=O)[C@H]1CC=CC[C@H]1C(=O)[O-]. The Morgan fingerprint density at radius 3 is 2.59 bits per heavy atom. The number of rotatable bonds is 6. The molecule has 2 aromatic rings. The number of halogens is 3. The van der Waals surface area contributed by atoms with Crippen LogP contribution in [0.2, 0.25) is 0 Å². The van der Waals surface area contributed by atoms with E-state index in [9.17, 15) is 27.9 Å². The average Bonchev–Trinajstić information content (AvgIpc) is 2.95. The van der Waals surface area contributed by atoms with Gasteiger partial charge in [-0.15, -0.1) is 13.2 Å². The molecular weight excluding hydrogens is 389 g/mol. The minimum Gasteiger partial charge on any atom is -0.550 e. The van der Waals surface area contributed by atoms with Crippen molar-refractivity contribution < 1.29 is 32.6 Å². The Hall–Kier alpha value is -2.97. The van der Waals surface area contributed by atoms with E-state index in [1.165, 1.54) is 18.2 Å². The van der Waals surface area contributed by atoms with E-state index >= 15 is 0 Å². The molecule has 1 aromatic heterocycles. The normalized spacial score (nSPS) is 19.3. The summed E-state index contributed by atoms with van der Waals surface area (Å²) in [6.45, 7) is 2.01. The number of amides is 1. The highest BCUT2D eigenvalue weighted by Gasteiger charge is 2.31. The van der Waals surface area contributed by atoms with Gasteiger partial charge in [-0.3, -0.25) is 4.79 Å². The van der Waals surface area contributed by atoms with Crippen molar-refractivity contribution in [2.75, 3.05) is 6.54 Å². The van der Waals surface area contributed by atoms with Crippen molar-refractivity contribution in [3.8, 4) is 5.75 Å². The smallest absolute Gasteiger partial charge is 0.550 e. The van der Waals surface area contributed by atoms with Gasteiger partial charge >= 0.3 is 6.36 Å². The first-order valence-corrected chi connectivity index (χ1v) is 9.16. The second-order valence-electron chi connectivity index (χ2n) is 7.00. The lowest BCUT2D eigenvalue weighted by Gasteiger charge is -2.28. The number of carboxylic acid groups (broad SMARTS) is 1. The van der Waals surface area contributed by atoms with Crippen LogP contribution in [0.5, 0.6) is 5.75 Å². The number of carbonyl (C=O) groups is 2. The Morgan fingerprint density at radius 2 is 1.93 bits per heavy atom. The first kappa shape index (κ1) is 20.8. The predicted molar refractivity (Wildman–Crippen MR) is 96.8 cm³/mol. The van der Waals surface area contributed by atoms with Crippen LogP contribution in [0.1, 0.15) is 24.1 Å². The molecule has 29 heavy (non-hydrogen) atoms. The molecule has 0 unspecified atom stereocenters. The maximum Gasteiger partial charge on any atom is 0.573 e. The zero-order valence-electron chi connectivity index (χ0n) is 15.6. The van der Waals surface area contributed by atoms with Crippen molar-refractivity contribution in [1.29, 1.82) is 0 Å². The van der Waals surface area contributed by atoms with Crippen molar-refractivity contribution in [3.63, 3.8) is 0 Å². The number of allylic oxidation sites excluding steroid dienone is 2. The van der Waals surface area contributed by atoms with E-state index in [2.05, 4.69) is 15.0 Å². The molecule has 6 nitrogen and oxygen atoms in total. The highest BCUT2D eigenvalue weighted by molar-refractivity contribution is 5.87. The second kappa shape index (κ2) is 8.18. The van der Waals surface area contributed by atoms with E-state index < -0.39 is 24.2 Å². The van der Waals surface area contributed by atoms with Gasteiger partial charge in [-0.05, 0) is 49.9 Å². The Kier molecular flexibility index (Phi) is 5.86. The molecule has 0 saturated carbocycles. The summed E-state index contributed by atoms with van der Waals surface area (Å²) in [5.41, 5.74) is 2.19. The summed E-state index contributed by atoms with van der Waals surface area (Å²) < 4.78 is 41.4. The number of H-pyrrole nitrogens is 1. The maximum atomic E-state index is 12.5. The van der Waals surface area contributed by atoms with Crippen LogP contribution < -0.4 is 15.2 Å². The highest BCUT2D eigenvalue weighted by atomic mass is 19.4. The topological polar surface area (TPSA) is 94.2 Å². The molecule has 0 aliphatic heterocycles. The molecule has 1 amide bonds. The lowest BCUT2D eigenvalue weighted by molar-refractivity contribution is -0.313. The number of nitrogens with one attached hydrogen (secondary N) is 2. The summed E-state index contributed by atoms with van der Waals surface area (Å²) in [5.74, 6) is -3.50. The molecule has 3 rings (SSSR count). The number of hydrogen-bond acceptors (Lipinski definition) is 4. The molecule has 1 aliphatic rings. The summed E-state index contributed by atoms with van der Waals surface area (Å²) >= 11 is 0. The molecule has 1 heterocycles. The number of benzene rings is 1. The van der Waals surface area contributed by atoms with Gasteiger partial charge in [-0.2, -0.15) is 0 Å². The number of fused-ring (bicyclic) bond motifs is 1. The molecule has 0 fully saturated rings. The number of aromatic amines is 1. The quantitative estimate of drug-likeness (QED) is 0.717. The van der Waals surface area contributed by atoms with Crippen LogP contribution in [0.4, 0.5) is 13.2 Å². The van der Waals surface area contributed by atoms with E-state index in [-0.39, 0.29) is 24.6 Å². The van der Waals surface area contributed by atoms with Gasteiger partial charge in [0.15, 0.2) is 0 Å². The average molecular weight is 409 g/mol. The van der Waals surface area contributed by atoms with Crippen LogP contribution >= 0.6 is 0 Å². The summed E-state index contributed by atoms with van der Waals surface area (Å²) in [6, 6.07) is 4.04. The van der Waals surface area contributed by atoms with Crippen LogP contribution in [0.15, 0.2) is 30.4 Å². The number of ether oxygens (including phenoxy) is 1. The molecule has 1 aliphatic carbocycles. The maximum absolute atomic E-state index is 12.5. The fourth-order valence-corrected chi connectivity index (χ4v) is 3.69. The van der Waals surface area contributed by atoms with E-state index in [1.54, 1.807) is 19.1 Å². The van der Waals surface area contributed by atoms with Crippen molar-refractivity contribution in [3.05, 3.63) is 41.6 Å². The highest BCUT2D eigenvalue weighted by Crippen LogP contribution is 2.30. The second-order valence-corrected chi connectivity index (χ2v) is 7.00. The van der Waals surface area contributed by atoms with Gasteiger partial charge in [0.25, 0.3) is 0 Å². The molecule has 0 radical (unpaired) electrons. The molecule has 2 N–H and O–H groups in total. The summed E-state index contributed by atoms with van der Waals surface area (Å²) in [4.78, 5) is 26.7. The van der Waals surface area contributed by atoms with Crippen LogP contribution in [0.3, 0.4) is 0 Å². The number of aromatic nitrogens is 1. The third-order valence-electron chi connectivity index (χ3n) is 5.07. The molecule has 156 valence electrons. The van der Waals surface area contributed by atoms with Gasteiger partial charge < -0.3 is 24.9 Å². The van der Waals surface area contributed by atoms with Crippen LogP contribution in [0.25, 0.3) is 10.9 Å². The monoisotopic (exact) mass is 409 g/mol. The molecule has 0 bridgehead atoms. The number of alkyl halides is 3. The molecule has 1 aromatic carbocycles. The van der Waals surface area contributed by atoms with Gasteiger partial charge in [0.2, 0.25) is 5.91 Å². The zero-order valence-corrected chi connectivity index (χ0v) is 15.6. The van der Waals surface area contributed by atoms with Gasteiger partial charge in [-0.25, -0.2) is 0 Å². The third-order valence-corrected chi connectivity index (χ3v) is 5.07. The summed E-state index contributed by atoms with van der Waals surface area (Å²) in [5, 5.41) is 14.5. The summed E-state index contributed by atoms with van der Waals surface area (Å²) in [7, 11) is 0. The first-order chi connectivity index (χ1) is 13.7. The number of aryl methyl sites for hydroxylation is 1. The lowest BCUT2D eigenvalue weighted by atomic mass is 9.82. The standard InChI is InChI=1S/C20H21F3N2O4/c1-11-13(16-10-12(29-20(21,22)23)6-7-17(16)25-11)8-9-24-18(26)14-4-2-3-5-15(14)19(27)28/h2-3,6-7,10,14-15,25H,4-5,8-9H2,1H3,(H,24,26)(H,27,28)/p-1/t14-,15+/m0/s1. The minimum atomic E-state index is -4.78. The Bertz CT molecular complexity index is 949. The fraction of sp³-hybridized carbons (Fsp3) is 0.400. The van der Waals surface area contributed by atoms with Crippen molar-refractivity contribution >= 4 is 22.8 Å². The van der Waals surface area contributed by atoms with Crippen molar-refractivity contribution in [2.45, 2.75) is 32.5 Å². The Morgan fingerprint density at radius 1 is 1.24 bits per heavy atom. The van der Waals surface area contributed by atoms with E-state index in [1.807, 2.05) is 0 Å². The van der Waals surface area contributed by atoms with E-state index in [0.717, 1.165) is 11.3 Å². The predicted octanol–water partition coefficient (Wildman–Crippen LogP) is 2.37. The number of carboxylic acids is 1. The zero-order chi connectivity index (χ0) is 21.2. The van der Waals surface area contributed by atoms with E-state index in [4.69, 9.17) is 0 Å². The third kappa shape index (κ3) is 4.90. The van der Waals surface area contributed by atoms with Crippen molar-refractivity contribution in [2.24, 2.45) is 11.8 Å². The van der Waals surface area contributed by atoms with Crippen molar-refractivity contribution in [1.82, 2.24) is 10.3 Å². The van der Waals surface area contributed by atoms with Crippen LogP contribution in [0, 0.1) is 18.8 Å². The first-order valence-electron chi connectivity index (χ1n) is 9.16. The van der Waals surface area contributed by atoms with Gasteiger partial charge in [-0.1, -0.05) is 12.2 Å². The molecule has 0 saturated heterocycles. The van der Waals surface area contributed by atoms with Crippen LogP contribution in [-0.2, 0) is 16.0 Å². The van der Waals surface area contributed by atoms with Gasteiger partial charge in [0, 0.05) is 40.9 Å². The Labute approximate surface area is 164 Å². The minimum absolute atomic E-state index is 0.219. The number of aliphatic carboxylic acids is 1. The van der Waals surface area contributed by atoms with E-state index in [0.29, 0.717) is 23.7 Å². The summed E-state index contributed by atoms with van der Waals surface area (Å²) in [6.07, 6.45) is -0.336. The van der Waals surface area contributed by atoms with Gasteiger partial charge in [0.05, 0.1) is 0 Å². The fourth-order valence-electron chi connectivity index (χ4n) is 3.69. The molecular formula is C20H20F3N2O4-. The lowest BCUT2D eigenvalue weighted by Crippen LogP contribution is -2.44. The van der Waals surface area contributed by atoms with Gasteiger partial charge in [0.1, 0.15) is 5.75 Å². The molecule has 0 spiro atoms.